The lowest BCUT2D eigenvalue weighted by molar-refractivity contribution is -0.131. The molecular formula is C21H21NO3. The van der Waals surface area contributed by atoms with Crippen LogP contribution in [0.5, 0.6) is 0 Å². The molecule has 2 aliphatic carbocycles. The summed E-state index contributed by atoms with van der Waals surface area (Å²) in [6, 6.07) is 8.55. The SMILES string of the molecule is O=C(Cc1coc2cc3c(cc12)CCC3)N(Cc1ccco1)C1CC1. The zero-order valence-corrected chi connectivity index (χ0v) is 14.2. The molecule has 0 radical (unpaired) electrons. The molecule has 4 heteroatoms. The maximum atomic E-state index is 12.9. The molecule has 1 fully saturated rings. The van der Waals surface area contributed by atoms with E-state index in [2.05, 4.69) is 12.1 Å². The predicted molar refractivity (Wildman–Crippen MR) is 94.2 cm³/mol. The van der Waals surface area contributed by atoms with Crippen LogP contribution < -0.4 is 0 Å². The van der Waals surface area contributed by atoms with Crippen LogP contribution in [-0.2, 0) is 30.6 Å². The average Bonchev–Trinajstić information content (AvgIpc) is 3.00. The molecule has 5 rings (SSSR count). The van der Waals surface area contributed by atoms with E-state index in [-0.39, 0.29) is 5.91 Å². The molecule has 1 aromatic carbocycles. The number of fused-ring (bicyclic) bond motifs is 2. The Hall–Kier alpha value is -2.49. The van der Waals surface area contributed by atoms with Crippen molar-refractivity contribution >= 4 is 16.9 Å². The fourth-order valence-electron chi connectivity index (χ4n) is 3.93. The number of benzene rings is 1. The van der Waals surface area contributed by atoms with Crippen LogP contribution in [0, 0.1) is 0 Å². The highest BCUT2D eigenvalue weighted by Gasteiger charge is 2.33. The third-order valence-corrected chi connectivity index (χ3v) is 5.42. The number of furan rings is 2. The zero-order chi connectivity index (χ0) is 16.8. The number of rotatable bonds is 5. The maximum Gasteiger partial charge on any atom is 0.227 e. The fourth-order valence-corrected chi connectivity index (χ4v) is 3.93. The molecule has 4 nitrogen and oxygen atoms in total. The molecule has 0 bridgehead atoms. The van der Waals surface area contributed by atoms with E-state index in [1.807, 2.05) is 17.0 Å². The van der Waals surface area contributed by atoms with Crippen molar-refractivity contribution in [2.75, 3.05) is 0 Å². The van der Waals surface area contributed by atoms with Gasteiger partial charge in [-0.05, 0) is 67.5 Å². The monoisotopic (exact) mass is 335 g/mol. The van der Waals surface area contributed by atoms with Crippen molar-refractivity contribution in [2.45, 2.75) is 51.1 Å². The van der Waals surface area contributed by atoms with Gasteiger partial charge in [-0.15, -0.1) is 0 Å². The minimum atomic E-state index is 0.155. The summed E-state index contributed by atoms with van der Waals surface area (Å²) in [4.78, 5) is 14.9. The first-order chi connectivity index (χ1) is 12.3. The van der Waals surface area contributed by atoms with Crippen molar-refractivity contribution in [1.82, 2.24) is 4.90 Å². The quantitative estimate of drug-likeness (QED) is 0.700. The van der Waals surface area contributed by atoms with Gasteiger partial charge in [0.25, 0.3) is 0 Å². The number of hydrogen-bond donors (Lipinski definition) is 0. The predicted octanol–water partition coefficient (Wildman–Crippen LogP) is 4.25. The summed E-state index contributed by atoms with van der Waals surface area (Å²) >= 11 is 0. The Morgan fingerprint density at radius 1 is 1.16 bits per heavy atom. The third kappa shape index (κ3) is 2.76. The lowest BCUT2D eigenvalue weighted by Gasteiger charge is -2.21. The molecule has 2 heterocycles. The van der Waals surface area contributed by atoms with Gasteiger partial charge in [0, 0.05) is 17.0 Å². The Bertz CT molecular complexity index is 918. The van der Waals surface area contributed by atoms with E-state index in [0.717, 1.165) is 48.0 Å². The molecule has 0 unspecified atom stereocenters. The van der Waals surface area contributed by atoms with E-state index in [0.29, 0.717) is 19.0 Å². The van der Waals surface area contributed by atoms with Gasteiger partial charge in [-0.1, -0.05) is 0 Å². The first-order valence-electron chi connectivity index (χ1n) is 9.11. The van der Waals surface area contributed by atoms with Crippen molar-refractivity contribution in [3.63, 3.8) is 0 Å². The fraction of sp³-hybridized carbons (Fsp3) is 0.381. The summed E-state index contributed by atoms with van der Waals surface area (Å²) < 4.78 is 11.2. The number of hydrogen-bond acceptors (Lipinski definition) is 3. The van der Waals surface area contributed by atoms with Crippen LogP contribution in [0.4, 0.5) is 0 Å². The normalized spacial score (nSPS) is 16.3. The van der Waals surface area contributed by atoms with Crippen molar-refractivity contribution in [3.8, 4) is 0 Å². The molecular weight excluding hydrogens is 314 g/mol. The number of amides is 1. The Morgan fingerprint density at radius 2 is 2.00 bits per heavy atom. The first kappa shape index (κ1) is 14.8. The molecule has 0 saturated heterocycles. The number of aryl methyl sites for hydroxylation is 2. The molecule has 0 N–H and O–H groups in total. The Kier molecular flexibility index (Phi) is 3.44. The van der Waals surface area contributed by atoms with E-state index < -0.39 is 0 Å². The van der Waals surface area contributed by atoms with Crippen LogP contribution in [0.25, 0.3) is 11.0 Å². The summed E-state index contributed by atoms with van der Waals surface area (Å²) in [6.45, 7) is 0.557. The molecule has 3 aromatic rings. The van der Waals surface area contributed by atoms with Gasteiger partial charge in [0.1, 0.15) is 11.3 Å². The van der Waals surface area contributed by atoms with E-state index in [4.69, 9.17) is 8.83 Å². The largest absolute Gasteiger partial charge is 0.467 e. The Labute approximate surface area is 146 Å². The molecule has 2 aliphatic rings. The third-order valence-electron chi connectivity index (χ3n) is 5.42. The van der Waals surface area contributed by atoms with Crippen LogP contribution in [-0.4, -0.2) is 16.8 Å². The van der Waals surface area contributed by atoms with Gasteiger partial charge in [-0.2, -0.15) is 0 Å². The van der Waals surface area contributed by atoms with Crippen LogP contribution >= 0.6 is 0 Å². The second-order valence-corrected chi connectivity index (χ2v) is 7.24. The average molecular weight is 335 g/mol. The van der Waals surface area contributed by atoms with Crippen LogP contribution in [0.15, 0.2) is 45.6 Å². The molecule has 0 spiro atoms. The first-order valence-corrected chi connectivity index (χ1v) is 9.11. The molecule has 0 aliphatic heterocycles. The number of carbonyl (C=O) groups is 1. The summed E-state index contributed by atoms with van der Waals surface area (Å²) in [5.74, 6) is 0.997. The second kappa shape index (κ2) is 5.80. The minimum absolute atomic E-state index is 0.155. The summed E-state index contributed by atoms with van der Waals surface area (Å²) in [5.41, 5.74) is 4.72. The topological polar surface area (TPSA) is 46.6 Å². The van der Waals surface area contributed by atoms with Gasteiger partial charge in [-0.25, -0.2) is 0 Å². The highest BCUT2D eigenvalue weighted by Crippen LogP contribution is 2.32. The van der Waals surface area contributed by atoms with Crippen LogP contribution in [0.3, 0.4) is 0 Å². The molecule has 1 amide bonds. The summed E-state index contributed by atoms with van der Waals surface area (Å²) in [7, 11) is 0. The minimum Gasteiger partial charge on any atom is -0.467 e. The van der Waals surface area contributed by atoms with Gasteiger partial charge < -0.3 is 13.7 Å². The van der Waals surface area contributed by atoms with Crippen LogP contribution in [0.1, 0.15) is 41.7 Å². The maximum absolute atomic E-state index is 12.9. The molecule has 0 atom stereocenters. The molecule has 25 heavy (non-hydrogen) atoms. The number of nitrogens with zero attached hydrogens (tertiary/aromatic N) is 1. The van der Waals surface area contributed by atoms with Gasteiger partial charge >= 0.3 is 0 Å². The Morgan fingerprint density at radius 3 is 2.76 bits per heavy atom. The van der Waals surface area contributed by atoms with Crippen molar-refractivity contribution in [2.24, 2.45) is 0 Å². The Balaban J connectivity index is 1.40. The molecule has 128 valence electrons. The summed E-state index contributed by atoms with van der Waals surface area (Å²) in [6.07, 6.45) is 9.48. The number of carbonyl (C=O) groups excluding carboxylic acids is 1. The van der Waals surface area contributed by atoms with Gasteiger partial charge in [0.15, 0.2) is 0 Å². The highest BCUT2D eigenvalue weighted by molar-refractivity contribution is 5.89. The van der Waals surface area contributed by atoms with Crippen molar-refractivity contribution in [3.05, 3.63) is 59.2 Å². The molecule has 2 aromatic heterocycles. The van der Waals surface area contributed by atoms with Crippen molar-refractivity contribution < 1.29 is 13.6 Å². The standard InChI is InChI=1S/C21H21NO3/c23-21(22(17-6-7-17)12-18-5-2-8-24-18)11-16-13-25-20-10-15-4-1-3-14(15)9-19(16)20/h2,5,8-10,13,17H,1,3-4,6-7,11-12H2. The zero-order valence-electron chi connectivity index (χ0n) is 14.2. The van der Waals surface area contributed by atoms with E-state index in [1.54, 1.807) is 12.5 Å². The summed E-state index contributed by atoms with van der Waals surface area (Å²) in [5, 5.41) is 1.10. The van der Waals surface area contributed by atoms with Gasteiger partial charge in [0.2, 0.25) is 5.91 Å². The van der Waals surface area contributed by atoms with Gasteiger partial charge in [-0.3, -0.25) is 4.79 Å². The van der Waals surface area contributed by atoms with Crippen LogP contribution in [0.2, 0.25) is 0 Å². The highest BCUT2D eigenvalue weighted by atomic mass is 16.3. The lowest BCUT2D eigenvalue weighted by Crippen LogP contribution is -2.33. The van der Waals surface area contributed by atoms with Gasteiger partial charge in [0.05, 0.1) is 25.5 Å². The van der Waals surface area contributed by atoms with E-state index in [1.165, 1.54) is 17.5 Å². The smallest absolute Gasteiger partial charge is 0.227 e. The second-order valence-electron chi connectivity index (χ2n) is 7.24. The molecule has 1 saturated carbocycles. The van der Waals surface area contributed by atoms with E-state index in [9.17, 15) is 4.79 Å². The van der Waals surface area contributed by atoms with Crippen molar-refractivity contribution in [1.29, 1.82) is 0 Å². The van der Waals surface area contributed by atoms with E-state index >= 15 is 0 Å². The lowest BCUT2D eigenvalue weighted by atomic mass is 10.0.